The Morgan fingerprint density at radius 2 is 2.00 bits per heavy atom. The predicted octanol–water partition coefficient (Wildman–Crippen LogP) is 2.40. The van der Waals surface area contributed by atoms with Crippen molar-refractivity contribution in [2.24, 2.45) is 17.6 Å². The van der Waals surface area contributed by atoms with Gasteiger partial charge in [-0.2, -0.15) is 0 Å². The Morgan fingerprint density at radius 3 is 2.53 bits per heavy atom. The minimum absolute atomic E-state index is 0.205. The number of likely N-dealkylation sites (tertiary alicyclic amines) is 1. The summed E-state index contributed by atoms with van der Waals surface area (Å²) in [4.78, 5) is 14.2. The number of amides is 1. The summed E-state index contributed by atoms with van der Waals surface area (Å²) >= 11 is 0. The van der Waals surface area contributed by atoms with Gasteiger partial charge in [0.2, 0.25) is 5.91 Å². The Hall–Kier alpha value is -0.570. The van der Waals surface area contributed by atoms with Gasteiger partial charge in [0.25, 0.3) is 0 Å². The molecule has 0 aromatic heterocycles. The first-order valence-electron chi connectivity index (χ1n) is 7.17. The van der Waals surface area contributed by atoms with Crippen LogP contribution in [0.15, 0.2) is 0 Å². The third kappa shape index (κ3) is 4.66. The molecule has 0 aromatic carbocycles. The third-order valence-electron chi connectivity index (χ3n) is 3.92. The molecule has 1 aliphatic heterocycles. The highest BCUT2D eigenvalue weighted by atomic mass is 16.2. The number of carbonyl (C=O) groups is 1. The second-order valence-electron chi connectivity index (χ2n) is 5.40. The Labute approximate surface area is 106 Å². The molecule has 3 nitrogen and oxygen atoms in total. The van der Waals surface area contributed by atoms with E-state index < -0.39 is 0 Å². The van der Waals surface area contributed by atoms with Crippen molar-refractivity contribution >= 4 is 5.91 Å². The van der Waals surface area contributed by atoms with Crippen LogP contribution in [0.4, 0.5) is 0 Å². The van der Waals surface area contributed by atoms with E-state index in [4.69, 9.17) is 5.73 Å². The average Bonchev–Trinajstić information content (AvgIpc) is 2.38. The molecule has 2 N–H and O–H groups in total. The van der Waals surface area contributed by atoms with Crippen LogP contribution in [0.5, 0.6) is 0 Å². The summed E-state index contributed by atoms with van der Waals surface area (Å²) in [5.41, 5.74) is 5.66. The molecule has 1 rings (SSSR count). The first-order chi connectivity index (χ1) is 8.19. The van der Waals surface area contributed by atoms with Crippen molar-refractivity contribution in [1.29, 1.82) is 0 Å². The van der Waals surface area contributed by atoms with Crippen LogP contribution in [0.3, 0.4) is 0 Å². The van der Waals surface area contributed by atoms with Gasteiger partial charge in [0.15, 0.2) is 0 Å². The molecular formula is C14H28N2O. The summed E-state index contributed by atoms with van der Waals surface area (Å²) in [7, 11) is 0. The lowest BCUT2D eigenvalue weighted by Crippen LogP contribution is -2.42. The van der Waals surface area contributed by atoms with Crippen molar-refractivity contribution in [3.63, 3.8) is 0 Å². The van der Waals surface area contributed by atoms with E-state index in [0.717, 1.165) is 38.9 Å². The topological polar surface area (TPSA) is 46.3 Å². The van der Waals surface area contributed by atoms with E-state index in [2.05, 4.69) is 13.8 Å². The largest absolute Gasteiger partial charge is 0.342 e. The zero-order valence-corrected chi connectivity index (χ0v) is 11.5. The summed E-state index contributed by atoms with van der Waals surface area (Å²) in [6.07, 6.45) is 6.87. The number of rotatable bonds is 6. The van der Waals surface area contributed by atoms with Gasteiger partial charge in [-0.15, -0.1) is 0 Å². The quantitative estimate of drug-likeness (QED) is 0.725. The third-order valence-corrected chi connectivity index (χ3v) is 3.92. The molecule has 1 aliphatic rings. The standard InChI is InChI=1S/C14H28N2O/c1-3-4-5-6-12(2)14(17)16-9-7-13(11-15)8-10-16/h12-13H,3-11,15H2,1-2H3. The minimum Gasteiger partial charge on any atom is -0.342 e. The van der Waals surface area contributed by atoms with Gasteiger partial charge < -0.3 is 10.6 Å². The lowest BCUT2D eigenvalue weighted by Gasteiger charge is -2.33. The van der Waals surface area contributed by atoms with Crippen LogP contribution in [0.25, 0.3) is 0 Å². The monoisotopic (exact) mass is 240 g/mol. The summed E-state index contributed by atoms with van der Waals surface area (Å²) < 4.78 is 0. The summed E-state index contributed by atoms with van der Waals surface area (Å²) in [6, 6.07) is 0. The van der Waals surface area contributed by atoms with E-state index in [0.29, 0.717) is 11.8 Å². The smallest absolute Gasteiger partial charge is 0.225 e. The maximum Gasteiger partial charge on any atom is 0.225 e. The fraction of sp³-hybridized carbons (Fsp3) is 0.929. The molecular weight excluding hydrogens is 212 g/mol. The van der Waals surface area contributed by atoms with Crippen LogP contribution in [-0.4, -0.2) is 30.4 Å². The van der Waals surface area contributed by atoms with E-state index in [9.17, 15) is 4.79 Å². The van der Waals surface area contributed by atoms with Crippen molar-refractivity contribution in [3.8, 4) is 0 Å². The zero-order valence-electron chi connectivity index (χ0n) is 11.5. The fourth-order valence-electron chi connectivity index (χ4n) is 2.52. The SMILES string of the molecule is CCCCCC(C)C(=O)N1CCC(CN)CC1. The van der Waals surface area contributed by atoms with Crippen LogP contribution in [0.1, 0.15) is 52.4 Å². The molecule has 1 heterocycles. The molecule has 0 saturated carbocycles. The van der Waals surface area contributed by atoms with Crippen LogP contribution < -0.4 is 5.73 Å². The van der Waals surface area contributed by atoms with Crippen LogP contribution in [-0.2, 0) is 4.79 Å². The Kier molecular flexibility index (Phi) is 6.56. The van der Waals surface area contributed by atoms with Crippen LogP contribution >= 0.6 is 0 Å². The van der Waals surface area contributed by atoms with Gasteiger partial charge in [0.1, 0.15) is 0 Å². The van der Waals surface area contributed by atoms with Crippen molar-refractivity contribution in [2.45, 2.75) is 52.4 Å². The van der Waals surface area contributed by atoms with E-state index in [1.165, 1.54) is 19.3 Å². The first kappa shape index (κ1) is 14.5. The molecule has 0 aliphatic carbocycles. The lowest BCUT2D eigenvalue weighted by molar-refractivity contribution is -0.136. The number of piperidine rings is 1. The molecule has 0 aromatic rings. The highest BCUT2D eigenvalue weighted by Crippen LogP contribution is 2.19. The Bertz CT molecular complexity index is 222. The van der Waals surface area contributed by atoms with Gasteiger partial charge in [-0.05, 0) is 31.7 Å². The number of unbranched alkanes of at least 4 members (excludes halogenated alkanes) is 2. The molecule has 17 heavy (non-hydrogen) atoms. The van der Waals surface area contributed by atoms with Crippen molar-refractivity contribution < 1.29 is 4.79 Å². The highest BCUT2D eigenvalue weighted by molar-refractivity contribution is 5.78. The van der Waals surface area contributed by atoms with Gasteiger partial charge >= 0.3 is 0 Å². The second-order valence-corrected chi connectivity index (χ2v) is 5.40. The number of hydrogen-bond donors (Lipinski definition) is 1. The summed E-state index contributed by atoms with van der Waals surface area (Å²) in [5, 5.41) is 0. The number of nitrogens with two attached hydrogens (primary N) is 1. The van der Waals surface area contributed by atoms with E-state index >= 15 is 0 Å². The number of carbonyl (C=O) groups excluding carboxylic acids is 1. The van der Waals surface area contributed by atoms with Gasteiger partial charge in [-0.3, -0.25) is 4.79 Å². The molecule has 3 heteroatoms. The summed E-state index contributed by atoms with van der Waals surface area (Å²) in [6.45, 7) is 6.88. The number of hydrogen-bond acceptors (Lipinski definition) is 2. The van der Waals surface area contributed by atoms with E-state index in [-0.39, 0.29) is 5.92 Å². The second kappa shape index (κ2) is 7.70. The lowest BCUT2D eigenvalue weighted by atomic mass is 9.95. The molecule has 1 atom stereocenters. The Balaban J connectivity index is 2.27. The minimum atomic E-state index is 0.205. The van der Waals surface area contributed by atoms with E-state index in [1.54, 1.807) is 0 Å². The van der Waals surface area contributed by atoms with E-state index in [1.807, 2.05) is 4.90 Å². The molecule has 100 valence electrons. The van der Waals surface area contributed by atoms with Crippen molar-refractivity contribution in [2.75, 3.05) is 19.6 Å². The molecule has 0 radical (unpaired) electrons. The number of nitrogens with zero attached hydrogens (tertiary/aromatic N) is 1. The highest BCUT2D eigenvalue weighted by Gasteiger charge is 2.24. The van der Waals surface area contributed by atoms with Crippen LogP contribution in [0.2, 0.25) is 0 Å². The maximum atomic E-state index is 12.2. The van der Waals surface area contributed by atoms with Gasteiger partial charge in [-0.1, -0.05) is 33.1 Å². The van der Waals surface area contributed by atoms with Crippen molar-refractivity contribution in [1.82, 2.24) is 4.90 Å². The van der Waals surface area contributed by atoms with Gasteiger partial charge in [0.05, 0.1) is 0 Å². The fourth-order valence-corrected chi connectivity index (χ4v) is 2.52. The first-order valence-corrected chi connectivity index (χ1v) is 7.17. The summed E-state index contributed by atoms with van der Waals surface area (Å²) in [5.74, 6) is 1.20. The molecule has 1 amide bonds. The maximum absolute atomic E-state index is 12.2. The normalized spacial score (nSPS) is 19.4. The predicted molar refractivity (Wildman–Crippen MR) is 71.7 cm³/mol. The van der Waals surface area contributed by atoms with Crippen molar-refractivity contribution in [3.05, 3.63) is 0 Å². The van der Waals surface area contributed by atoms with Crippen LogP contribution in [0, 0.1) is 11.8 Å². The molecule has 1 unspecified atom stereocenters. The van der Waals surface area contributed by atoms with Gasteiger partial charge in [-0.25, -0.2) is 0 Å². The molecule has 0 spiro atoms. The average molecular weight is 240 g/mol. The Morgan fingerprint density at radius 1 is 1.35 bits per heavy atom. The van der Waals surface area contributed by atoms with Gasteiger partial charge in [0, 0.05) is 19.0 Å². The zero-order chi connectivity index (χ0) is 12.7. The molecule has 0 bridgehead atoms. The molecule has 1 saturated heterocycles. The molecule has 1 fully saturated rings.